The fraction of sp³-hybridized carbons (Fsp3) is 0.529. The summed E-state index contributed by atoms with van der Waals surface area (Å²) in [7, 11) is 3.62. The average molecular weight is 320 g/mol. The second-order valence-corrected chi connectivity index (χ2v) is 5.91. The molecular weight excluding hydrogens is 295 g/mol. The number of carbonyl (C=O) groups excluding carboxylic acids is 1. The van der Waals surface area contributed by atoms with Gasteiger partial charge < -0.3 is 15.5 Å². The van der Waals surface area contributed by atoms with Gasteiger partial charge in [0.25, 0.3) is 0 Å². The molecule has 1 aliphatic carbocycles. The Kier molecular flexibility index (Phi) is 6.38. The Morgan fingerprint density at radius 1 is 1.43 bits per heavy atom. The lowest BCUT2D eigenvalue weighted by Gasteiger charge is -2.22. The standard InChI is InChI=1S/C17H25FN4O/c1-19-17(20-10-4-7-16(23)21-15-8-9-15)22(2)12-13-5-3-6-14(18)11-13/h3,5-6,11,15H,4,7-10,12H2,1-2H3,(H,19,20)(H,21,23). The third-order valence-electron chi connectivity index (χ3n) is 3.69. The molecule has 0 aliphatic heterocycles. The highest BCUT2D eigenvalue weighted by atomic mass is 19.1. The maximum absolute atomic E-state index is 13.2. The topological polar surface area (TPSA) is 56.7 Å². The summed E-state index contributed by atoms with van der Waals surface area (Å²) in [4.78, 5) is 17.7. The van der Waals surface area contributed by atoms with Crippen molar-refractivity contribution < 1.29 is 9.18 Å². The van der Waals surface area contributed by atoms with Gasteiger partial charge in [0, 0.05) is 39.6 Å². The van der Waals surface area contributed by atoms with E-state index in [9.17, 15) is 9.18 Å². The van der Waals surface area contributed by atoms with Gasteiger partial charge in [-0.05, 0) is 37.0 Å². The molecule has 1 amide bonds. The lowest BCUT2D eigenvalue weighted by atomic mass is 10.2. The van der Waals surface area contributed by atoms with Gasteiger partial charge in [-0.3, -0.25) is 9.79 Å². The Labute approximate surface area is 137 Å². The number of nitrogens with one attached hydrogen (secondary N) is 2. The molecule has 0 heterocycles. The first kappa shape index (κ1) is 17.2. The predicted octanol–water partition coefficient (Wildman–Crippen LogP) is 1.89. The van der Waals surface area contributed by atoms with Crippen LogP contribution in [0.3, 0.4) is 0 Å². The summed E-state index contributed by atoms with van der Waals surface area (Å²) in [6.45, 7) is 1.25. The number of nitrogens with zero attached hydrogens (tertiary/aromatic N) is 2. The van der Waals surface area contributed by atoms with E-state index < -0.39 is 0 Å². The first-order chi connectivity index (χ1) is 11.1. The van der Waals surface area contributed by atoms with E-state index in [0.29, 0.717) is 25.6 Å². The normalized spacial score (nSPS) is 14.5. The van der Waals surface area contributed by atoms with Gasteiger partial charge in [-0.15, -0.1) is 0 Å². The molecule has 0 unspecified atom stereocenters. The molecule has 0 radical (unpaired) electrons. The van der Waals surface area contributed by atoms with Crippen molar-refractivity contribution in [2.75, 3.05) is 20.6 Å². The Bertz CT molecular complexity index is 557. The molecule has 1 fully saturated rings. The van der Waals surface area contributed by atoms with Crippen LogP contribution in [0.1, 0.15) is 31.2 Å². The van der Waals surface area contributed by atoms with E-state index in [1.54, 1.807) is 13.1 Å². The lowest BCUT2D eigenvalue weighted by Crippen LogP contribution is -2.39. The van der Waals surface area contributed by atoms with Crippen molar-refractivity contribution in [3.05, 3.63) is 35.6 Å². The van der Waals surface area contributed by atoms with Gasteiger partial charge in [0.05, 0.1) is 0 Å². The van der Waals surface area contributed by atoms with E-state index in [-0.39, 0.29) is 11.7 Å². The van der Waals surface area contributed by atoms with Gasteiger partial charge in [0.2, 0.25) is 5.91 Å². The molecular formula is C17H25FN4O. The summed E-state index contributed by atoms with van der Waals surface area (Å²) in [5.74, 6) is 0.620. The van der Waals surface area contributed by atoms with Crippen LogP contribution >= 0.6 is 0 Å². The second kappa shape index (κ2) is 8.50. The zero-order valence-electron chi connectivity index (χ0n) is 13.8. The third kappa shape index (κ3) is 6.26. The number of hydrogen-bond donors (Lipinski definition) is 2. The predicted molar refractivity (Wildman–Crippen MR) is 89.6 cm³/mol. The van der Waals surface area contributed by atoms with E-state index in [0.717, 1.165) is 30.8 Å². The molecule has 2 N–H and O–H groups in total. The molecule has 1 aliphatic rings. The molecule has 1 saturated carbocycles. The molecule has 23 heavy (non-hydrogen) atoms. The van der Waals surface area contributed by atoms with Crippen LogP contribution in [-0.2, 0) is 11.3 Å². The van der Waals surface area contributed by atoms with Gasteiger partial charge in [-0.2, -0.15) is 0 Å². The third-order valence-corrected chi connectivity index (χ3v) is 3.69. The number of halogens is 1. The summed E-state index contributed by atoms with van der Waals surface area (Å²) < 4.78 is 13.2. The minimum absolute atomic E-state index is 0.123. The number of hydrogen-bond acceptors (Lipinski definition) is 2. The highest BCUT2D eigenvalue weighted by Gasteiger charge is 2.22. The van der Waals surface area contributed by atoms with Crippen molar-refractivity contribution in [2.24, 2.45) is 4.99 Å². The van der Waals surface area contributed by atoms with Crippen molar-refractivity contribution in [1.29, 1.82) is 0 Å². The maximum atomic E-state index is 13.2. The monoisotopic (exact) mass is 320 g/mol. The summed E-state index contributed by atoms with van der Waals surface area (Å²) >= 11 is 0. The van der Waals surface area contributed by atoms with Gasteiger partial charge in [0.15, 0.2) is 5.96 Å². The first-order valence-corrected chi connectivity index (χ1v) is 8.04. The second-order valence-electron chi connectivity index (χ2n) is 5.91. The van der Waals surface area contributed by atoms with Crippen molar-refractivity contribution in [1.82, 2.24) is 15.5 Å². The highest BCUT2D eigenvalue weighted by molar-refractivity contribution is 5.80. The SMILES string of the molecule is CN=C(NCCCC(=O)NC1CC1)N(C)Cc1cccc(F)c1. The summed E-state index contributed by atoms with van der Waals surface area (Å²) in [6.07, 6.45) is 3.50. The van der Waals surface area contributed by atoms with E-state index in [1.807, 2.05) is 18.0 Å². The number of amides is 1. The Balaban J connectivity index is 1.70. The highest BCUT2D eigenvalue weighted by Crippen LogP contribution is 2.18. The zero-order valence-corrected chi connectivity index (χ0v) is 13.8. The van der Waals surface area contributed by atoms with Crippen molar-refractivity contribution in [2.45, 2.75) is 38.3 Å². The number of guanidine groups is 1. The first-order valence-electron chi connectivity index (χ1n) is 8.04. The zero-order chi connectivity index (χ0) is 16.7. The van der Waals surface area contributed by atoms with Crippen LogP contribution in [-0.4, -0.2) is 43.4 Å². The van der Waals surface area contributed by atoms with Crippen LogP contribution in [0.15, 0.2) is 29.3 Å². The van der Waals surface area contributed by atoms with Crippen LogP contribution in [0.5, 0.6) is 0 Å². The average Bonchev–Trinajstić information content (AvgIpc) is 3.31. The molecule has 1 aromatic rings. The largest absolute Gasteiger partial charge is 0.356 e. The molecule has 0 bridgehead atoms. The van der Waals surface area contributed by atoms with Crippen LogP contribution in [0, 0.1) is 5.82 Å². The van der Waals surface area contributed by atoms with E-state index in [4.69, 9.17) is 0 Å². The number of carbonyl (C=O) groups is 1. The minimum atomic E-state index is -0.236. The fourth-order valence-electron chi connectivity index (χ4n) is 2.35. The smallest absolute Gasteiger partial charge is 0.220 e. The Morgan fingerprint density at radius 2 is 2.22 bits per heavy atom. The fourth-order valence-corrected chi connectivity index (χ4v) is 2.35. The molecule has 0 spiro atoms. The Morgan fingerprint density at radius 3 is 2.87 bits per heavy atom. The van der Waals surface area contributed by atoms with Gasteiger partial charge in [-0.1, -0.05) is 12.1 Å². The van der Waals surface area contributed by atoms with E-state index in [2.05, 4.69) is 15.6 Å². The molecule has 1 aromatic carbocycles. The molecule has 0 saturated heterocycles. The quantitative estimate of drug-likeness (QED) is 0.458. The van der Waals surface area contributed by atoms with Crippen molar-refractivity contribution >= 4 is 11.9 Å². The van der Waals surface area contributed by atoms with Gasteiger partial charge in [-0.25, -0.2) is 4.39 Å². The van der Waals surface area contributed by atoms with Crippen molar-refractivity contribution in [3.8, 4) is 0 Å². The summed E-state index contributed by atoms with van der Waals surface area (Å²) in [6, 6.07) is 6.96. The van der Waals surface area contributed by atoms with Crippen molar-refractivity contribution in [3.63, 3.8) is 0 Å². The number of benzene rings is 1. The van der Waals surface area contributed by atoms with Crippen LogP contribution in [0.25, 0.3) is 0 Å². The summed E-state index contributed by atoms with van der Waals surface area (Å²) in [5, 5.41) is 6.20. The Hall–Kier alpha value is -2.11. The minimum Gasteiger partial charge on any atom is -0.356 e. The molecule has 0 atom stereocenters. The van der Waals surface area contributed by atoms with E-state index in [1.165, 1.54) is 12.1 Å². The maximum Gasteiger partial charge on any atom is 0.220 e. The van der Waals surface area contributed by atoms with Crippen LogP contribution < -0.4 is 10.6 Å². The molecule has 2 rings (SSSR count). The molecule has 0 aromatic heterocycles. The molecule has 6 heteroatoms. The van der Waals surface area contributed by atoms with Gasteiger partial charge in [0.1, 0.15) is 5.82 Å². The molecule has 5 nitrogen and oxygen atoms in total. The van der Waals surface area contributed by atoms with Gasteiger partial charge >= 0.3 is 0 Å². The van der Waals surface area contributed by atoms with Crippen LogP contribution in [0.4, 0.5) is 4.39 Å². The lowest BCUT2D eigenvalue weighted by molar-refractivity contribution is -0.121. The number of aliphatic imine (C=N–C) groups is 1. The van der Waals surface area contributed by atoms with Crippen LogP contribution in [0.2, 0.25) is 0 Å². The number of rotatable bonds is 7. The summed E-state index contributed by atoms with van der Waals surface area (Å²) in [5.41, 5.74) is 0.888. The molecule has 126 valence electrons. The van der Waals surface area contributed by atoms with E-state index >= 15 is 0 Å².